The van der Waals surface area contributed by atoms with Crippen molar-refractivity contribution in [1.82, 2.24) is 15.2 Å². The number of hydrogen-bond acceptors (Lipinski definition) is 6. The maximum atomic E-state index is 11.9. The average Bonchev–Trinajstić information content (AvgIpc) is 2.39. The molecule has 0 atom stereocenters. The van der Waals surface area contributed by atoms with Crippen molar-refractivity contribution in [2.24, 2.45) is 0 Å². The molecule has 1 N–H and O–H groups in total. The fourth-order valence-electron chi connectivity index (χ4n) is 1.30. The van der Waals surface area contributed by atoms with Gasteiger partial charge in [0.15, 0.2) is 5.82 Å². The number of anilines is 1. The van der Waals surface area contributed by atoms with Gasteiger partial charge in [0.1, 0.15) is 16.9 Å². The highest BCUT2D eigenvalue weighted by atomic mass is 35.5. The maximum absolute atomic E-state index is 11.9. The Hall–Kier alpha value is -2.61. The molecule has 0 aliphatic heterocycles. The molecule has 0 aliphatic rings. The lowest BCUT2D eigenvalue weighted by molar-refractivity contribution is -0.385. The molecule has 2 rings (SSSR count). The second-order valence-electron chi connectivity index (χ2n) is 3.34. The molecular weight excluding hydrogens is 274 g/mol. The van der Waals surface area contributed by atoms with Gasteiger partial charge >= 0.3 is 0 Å². The van der Waals surface area contributed by atoms with Crippen LogP contribution in [0.4, 0.5) is 11.5 Å². The summed E-state index contributed by atoms with van der Waals surface area (Å²) in [6.45, 7) is 0. The smallest absolute Gasteiger partial charge is 0.300 e. The Morgan fingerprint density at radius 2 is 2.26 bits per heavy atom. The lowest BCUT2D eigenvalue weighted by atomic mass is 10.2. The van der Waals surface area contributed by atoms with Crippen LogP contribution in [0, 0.1) is 10.1 Å². The Labute approximate surface area is 111 Å². The van der Waals surface area contributed by atoms with E-state index < -0.39 is 16.5 Å². The summed E-state index contributed by atoms with van der Waals surface area (Å²) in [6, 6.07) is 4.18. The molecule has 0 spiro atoms. The largest absolute Gasteiger partial charge is 0.305 e. The second-order valence-corrected chi connectivity index (χ2v) is 3.73. The molecule has 0 aromatic carbocycles. The lowest BCUT2D eigenvalue weighted by Gasteiger charge is -2.04. The van der Waals surface area contributed by atoms with Gasteiger partial charge in [-0.2, -0.15) is 5.10 Å². The number of carbonyl (C=O) groups excluding carboxylic acids is 1. The molecule has 96 valence electrons. The van der Waals surface area contributed by atoms with Gasteiger partial charge in [-0.3, -0.25) is 14.9 Å². The van der Waals surface area contributed by atoms with E-state index >= 15 is 0 Å². The Bertz CT molecular complexity index is 634. The van der Waals surface area contributed by atoms with Gasteiger partial charge in [0, 0.05) is 6.20 Å². The Morgan fingerprint density at radius 1 is 1.47 bits per heavy atom. The highest BCUT2D eigenvalue weighted by molar-refractivity contribution is 6.30. The van der Waals surface area contributed by atoms with Crippen LogP contribution in [-0.4, -0.2) is 26.0 Å². The van der Waals surface area contributed by atoms with Crippen LogP contribution in [0.2, 0.25) is 5.15 Å². The van der Waals surface area contributed by atoms with E-state index in [0.717, 1.165) is 12.3 Å². The molecule has 0 bridgehead atoms. The third-order valence-electron chi connectivity index (χ3n) is 2.10. The quantitative estimate of drug-likeness (QED) is 0.520. The van der Waals surface area contributed by atoms with Crippen molar-refractivity contribution < 1.29 is 9.72 Å². The van der Waals surface area contributed by atoms with E-state index in [4.69, 9.17) is 11.6 Å². The fourth-order valence-corrected chi connectivity index (χ4v) is 1.46. The highest BCUT2D eigenvalue weighted by Gasteiger charge is 2.21. The summed E-state index contributed by atoms with van der Waals surface area (Å²) < 4.78 is 0. The predicted molar refractivity (Wildman–Crippen MR) is 65.9 cm³/mol. The van der Waals surface area contributed by atoms with E-state index in [1.54, 1.807) is 6.07 Å². The summed E-state index contributed by atoms with van der Waals surface area (Å²) in [6.07, 6.45) is 2.36. The molecular formula is C10H6ClN5O3. The van der Waals surface area contributed by atoms with Crippen LogP contribution in [0.5, 0.6) is 0 Å². The van der Waals surface area contributed by atoms with E-state index in [1.165, 1.54) is 12.3 Å². The van der Waals surface area contributed by atoms with Gasteiger partial charge in [0.05, 0.1) is 4.92 Å². The number of carbonyl (C=O) groups is 1. The normalized spacial score (nSPS) is 9.95. The first-order valence-electron chi connectivity index (χ1n) is 4.97. The van der Waals surface area contributed by atoms with E-state index in [2.05, 4.69) is 20.5 Å². The van der Waals surface area contributed by atoms with Crippen molar-refractivity contribution in [3.63, 3.8) is 0 Å². The first-order valence-corrected chi connectivity index (χ1v) is 5.34. The van der Waals surface area contributed by atoms with E-state index in [9.17, 15) is 14.9 Å². The molecule has 0 saturated carbocycles. The molecule has 9 heteroatoms. The summed E-state index contributed by atoms with van der Waals surface area (Å²) in [5.41, 5.74) is -0.638. The molecule has 19 heavy (non-hydrogen) atoms. The van der Waals surface area contributed by atoms with E-state index in [-0.39, 0.29) is 16.5 Å². The van der Waals surface area contributed by atoms with Gasteiger partial charge in [0.2, 0.25) is 0 Å². The summed E-state index contributed by atoms with van der Waals surface area (Å²) >= 11 is 5.63. The number of aromatic nitrogens is 3. The molecule has 0 unspecified atom stereocenters. The van der Waals surface area contributed by atoms with Crippen LogP contribution >= 0.6 is 11.6 Å². The zero-order chi connectivity index (χ0) is 13.8. The van der Waals surface area contributed by atoms with Gasteiger partial charge in [0.25, 0.3) is 11.6 Å². The minimum absolute atomic E-state index is 0.0186. The van der Waals surface area contributed by atoms with Crippen molar-refractivity contribution in [3.8, 4) is 0 Å². The van der Waals surface area contributed by atoms with Crippen LogP contribution in [0.15, 0.2) is 30.6 Å². The zero-order valence-corrected chi connectivity index (χ0v) is 10.0. The SMILES string of the molecule is O=C(Nc1cccnn1)c1cc(Cl)ncc1[N+](=O)[O-]. The monoisotopic (exact) mass is 279 g/mol. The van der Waals surface area contributed by atoms with Crippen LogP contribution in [0.25, 0.3) is 0 Å². The van der Waals surface area contributed by atoms with Crippen LogP contribution in [0.1, 0.15) is 10.4 Å². The minimum atomic E-state index is -0.713. The molecule has 2 aromatic rings. The topological polar surface area (TPSA) is 111 Å². The van der Waals surface area contributed by atoms with Crippen molar-refractivity contribution in [2.75, 3.05) is 5.32 Å². The Balaban J connectivity index is 2.33. The molecule has 8 nitrogen and oxygen atoms in total. The number of halogens is 1. The van der Waals surface area contributed by atoms with Crippen molar-refractivity contribution in [1.29, 1.82) is 0 Å². The summed E-state index contributed by atoms with van der Waals surface area (Å²) in [5.74, 6) is -0.536. The van der Waals surface area contributed by atoms with E-state index in [0.29, 0.717) is 0 Å². The predicted octanol–water partition coefficient (Wildman–Crippen LogP) is 1.69. The molecule has 0 aliphatic carbocycles. The van der Waals surface area contributed by atoms with Crippen LogP contribution in [0.3, 0.4) is 0 Å². The van der Waals surface area contributed by atoms with Crippen LogP contribution in [-0.2, 0) is 0 Å². The number of nitrogens with zero attached hydrogens (tertiary/aromatic N) is 4. The fraction of sp³-hybridized carbons (Fsp3) is 0. The standard InChI is InChI=1S/C10H6ClN5O3/c11-8-4-6(7(5-12-8)16(18)19)10(17)14-9-2-1-3-13-15-9/h1-5H,(H,14,15,17). The average molecular weight is 280 g/mol. The third kappa shape index (κ3) is 2.99. The van der Waals surface area contributed by atoms with Gasteiger partial charge in [-0.25, -0.2) is 4.98 Å². The number of pyridine rings is 1. The van der Waals surface area contributed by atoms with Gasteiger partial charge in [-0.05, 0) is 18.2 Å². The zero-order valence-electron chi connectivity index (χ0n) is 9.28. The second kappa shape index (κ2) is 5.36. The molecule has 0 radical (unpaired) electrons. The Kier molecular flexibility index (Phi) is 3.62. The first-order chi connectivity index (χ1) is 9.08. The number of nitrogens with one attached hydrogen (secondary N) is 1. The number of rotatable bonds is 3. The van der Waals surface area contributed by atoms with Gasteiger partial charge in [-0.1, -0.05) is 11.6 Å². The first kappa shape index (κ1) is 12.8. The van der Waals surface area contributed by atoms with E-state index in [1.807, 2.05) is 0 Å². The number of nitro groups is 1. The Morgan fingerprint density at radius 3 is 2.89 bits per heavy atom. The van der Waals surface area contributed by atoms with Gasteiger partial charge < -0.3 is 5.32 Å². The molecule has 0 fully saturated rings. The number of amides is 1. The van der Waals surface area contributed by atoms with Crippen LogP contribution < -0.4 is 5.32 Å². The molecule has 0 saturated heterocycles. The lowest BCUT2D eigenvalue weighted by Crippen LogP contribution is -2.15. The van der Waals surface area contributed by atoms with Crippen molar-refractivity contribution in [2.45, 2.75) is 0 Å². The summed E-state index contributed by atoms with van der Waals surface area (Å²) in [5, 5.41) is 20.4. The highest BCUT2D eigenvalue weighted by Crippen LogP contribution is 2.21. The summed E-state index contributed by atoms with van der Waals surface area (Å²) in [7, 11) is 0. The molecule has 2 heterocycles. The number of hydrogen-bond donors (Lipinski definition) is 1. The summed E-state index contributed by atoms with van der Waals surface area (Å²) in [4.78, 5) is 25.6. The maximum Gasteiger partial charge on any atom is 0.300 e. The minimum Gasteiger partial charge on any atom is -0.305 e. The van der Waals surface area contributed by atoms with Gasteiger partial charge in [-0.15, -0.1) is 5.10 Å². The third-order valence-corrected chi connectivity index (χ3v) is 2.31. The molecule has 2 aromatic heterocycles. The van der Waals surface area contributed by atoms with Crippen molar-refractivity contribution in [3.05, 3.63) is 51.4 Å². The molecule has 1 amide bonds. The van der Waals surface area contributed by atoms with Crippen molar-refractivity contribution >= 4 is 29.0 Å².